The Kier molecular flexibility index (Phi) is 4.08. The zero-order chi connectivity index (χ0) is 13.9. The molecular formula is C16H20ClN3. The van der Waals surface area contributed by atoms with Crippen molar-refractivity contribution in [3.05, 3.63) is 47.0 Å². The minimum absolute atomic E-state index is 0.694. The number of nitrogens with zero attached hydrogens (tertiary/aromatic N) is 2. The van der Waals surface area contributed by atoms with Crippen molar-refractivity contribution < 1.29 is 0 Å². The SMILES string of the molecule is CCCc1nccn1-c1c(Cl)cccc1CNC1CC1. The van der Waals surface area contributed by atoms with E-state index in [9.17, 15) is 0 Å². The van der Waals surface area contributed by atoms with Gasteiger partial charge in [0.15, 0.2) is 0 Å². The van der Waals surface area contributed by atoms with E-state index < -0.39 is 0 Å². The predicted octanol–water partition coefficient (Wildman–Crippen LogP) is 3.73. The van der Waals surface area contributed by atoms with Crippen molar-refractivity contribution in [3.8, 4) is 5.69 Å². The first kappa shape index (κ1) is 13.7. The molecule has 1 fully saturated rings. The van der Waals surface area contributed by atoms with Crippen molar-refractivity contribution in [2.24, 2.45) is 0 Å². The molecule has 1 aromatic heterocycles. The lowest BCUT2D eigenvalue weighted by Gasteiger charge is -2.15. The zero-order valence-corrected chi connectivity index (χ0v) is 12.5. The van der Waals surface area contributed by atoms with Crippen molar-refractivity contribution in [1.82, 2.24) is 14.9 Å². The van der Waals surface area contributed by atoms with Gasteiger partial charge in [0, 0.05) is 31.4 Å². The van der Waals surface area contributed by atoms with Gasteiger partial charge in [-0.1, -0.05) is 30.7 Å². The molecule has 0 atom stereocenters. The molecule has 1 aliphatic carbocycles. The van der Waals surface area contributed by atoms with E-state index in [1.54, 1.807) is 0 Å². The fourth-order valence-electron chi connectivity index (χ4n) is 2.46. The molecule has 0 amide bonds. The Morgan fingerprint density at radius 3 is 3.00 bits per heavy atom. The van der Waals surface area contributed by atoms with Crippen molar-refractivity contribution in [2.45, 2.75) is 45.2 Å². The van der Waals surface area contributed by atoms with Crippen molar-refractivity contribution in [2.75, 3.05) is 0 Å². The second-order valence-corrected chi connectivity index (χ2v) is 5.77. The quantitative estimate of drug-likeness (QED) is 0.878. The number of aryl methyl sites for hydroxylation is 1. The van der Waals surface area contributed by atoms with Crippen LogP contribution in [-0.4, -0.2) is 15.6 Å². The van der Waals surface area contributed by atoms with Crippen LogP contribution in [0.3, 0.4) is 0 Å². The van der Waals surface area contributed by atoms with Gasteiger partial charge in [-0.25, -0.2) is 4.98 Å². The molecule has 4 heteroatoms. The molecule has 0 unspecified atom stereocenters. The summed E-state index contributed by atoms with van der Waals surface area (Å²) in [4.78, 5) is 4.46. The molecule has 1 heterocycles. The number of imidazole rings is 1. The first-order valence-corrected chi connectivity index (χ1v) is 7.70. The minimum atomic E-state index is 0.694. The summed E-state index contributed by atoms with van der Waals surface area (Å²) < 4.78 is 2.13. The summed E-state index contributed by atoms with van der Waals surface area (Å²) in [5.41, 5.74) is 2.31. The molecule has 1 aliphatic rings. The number of hydrogen-bond donors (Lipinski definition) is 1. The number of rotatable bonds is 6. The van der Waals surface area contributed by atoms with E-state index in [0.29, 0.717) is 6.04 Å². The van der Waals surface area contributed by atoms with Crippen LogP contribution in [0.5, 0.6) is 0 Å². The highest BCUT2D eigenvalue weighted by Crippen LogP contribution is 2.27. The van der Waals surface area contributed by atoms with Crippen LogP contribution in [0.25, 0.3) is 5.69 Å². The van der Waals surface area contributed by atoms with Crippen LogP contribution in [0.4, 0.5) is 0 Å². The second-order valence-electron chi connectivity index (χ2n) is 5.37. The molecule has 3 rings (SSSR count). The fourth-order valence-corrected chi connectivity index (χ4v) is 2.75. The molecule has 0 aliphatic heterocycles. The molecule has 106 valence electrons. The van der Waals surface area contributed by atoms with Crippen LogP contribution in [0, 0.1) is 0 Å². The molecular weight excluding hydrogens is 270 g/mol. The molecule has 3 nitrogen and oxygen atoms in total. The smallest absolute Gasteiger partial charge is 0.113 e. The molecule has 0 radical (unpaired) electrons. The van der Waals surface area contributed by atoms with Gasteiger partial charge in [0.05, 0.1) is 10.7 Å². The molecule has 20 heavy (non-hydrogen) atoms. The Morgan fingerprint density at radius 2 is 2.25 bits per heavy atom. The molecule has 0 bridgehead atoms. The summed E-state index contributed by atoms with van der Waals surface area (Å²) in [5, 5.41) is 4.35. The first-order chi connectivity index (χ1) is 9.79. The summed E-state index contributed by atoms with van der Waals surface area (Å²) in [5.74, 6) is 1.08. The zero-order valence-electron chi connectivity index (χ0n) is 11.8. The van der Waals surface area contributed by atoms with Gasteiger partial charge in [0.2, 0.25) is 0 Å². The van der Waals surface area contributed by atoms with Gasteiger partial charge in [-0.05, 0) is 30.9 Å². The van der Waals surface area contributed by atoms with E-state index in [1.165, 1.54) is 18.4 Å². The van der Waals surface area contributed by atoms with Gasteiger partial charge >= 0.3 is 0 Å². The second kappa shape index (κ2) is 5.98. The first-order valence-electron chi connectivity index (χ1n) is 7.33. The molecule has 1 saturated carbocycles. The van der Waals surface area contributed by atoms with E-state index in [2.05, 4.69) is 27.9 Å². The third-order valence-corrected chi connectivity index (χ3v) is 3.97. The highest BCUT2D eigenvalue weighted by molar-refractivity contribution is 6.32. The van der Waals surface area contributed by atoms with Crippen LogP contribution >= 0.6 is 11.6 Å². The Morgan fingerprint density at radius 1 is 1.40 bits per heavy atom. The van der Waals surface area contributed by atoms with E-state index in [4.69, 9.17) is 11.6 Å². The van der Waals surface area contributed by atoms with Gasteiger partial charge in [-0.15, -0.1) is 0 Å². The normalized spacial score (nSPS) is 14.7. The Balaban J connectivity index is 1.95. The highest BCUT2D eigenvalue weighted by Gasteiger charge is 2.21. The number of hydrogen-bond acceptors (Lipinski definition) is 2. The lowest BCUT2D eigenvalue weighted by molar-refractivity contribution is 0.682. The third kappa shape index (κ3) is 2.89. The predicted molar refractivity (Wildman–Crippen MR) is 82.4 cm³/mol. The summed E-state index contributed by atoms with van der Waals surface area (Å²) in [6, 6.07) is 6.81. The van der Waals surface area contributed by atoms with Crippen LogP contribution in [0.1, 0.15) is 37.6 Å². The lowest BCUT2D eigenvalue weighted by atomic mass is 10.1. The van der Waals surface area contributed by atoms with Crippen LogP contribution in [0.2, 0.25) is 5.02 Å². The van der Waals surface area contributed by atoms with Gasteiger partial charge in [0.1, 0.15) is 5.82 Å². The molecule has 0 spiro atoms. The number of para-hydroxylation sites is 1. The standard InChI is InChI=1S/C16H20ClN3/c1-2-4-15-18-9-10-20(15)16-12(5-3-6-14(16)17)11-19-13-7-8-13/h3,5-6,9-10,13,19H,2,4,7-8,11H2,1H3. The van der Waals surface area contributed by atoms with E-state index in [1.807, 2.05) is 24.5 Å². The van der Waals surface area contributed by atoms with Gasteiger partial charge < -0.3 is 9.88 Å². The average Bonchev–Trinajstić information content (AvgIpc) is 3.17. The summed E-state index contributed by atoms with van der Waals surface area (Å²) >= 11 is 6.45. The summed E-state index contributed by atoms with van der Waals surface area (Å²) in [6.07, 6.45) is 8.49. The number of benzene rings is 1. The highest BCUT2D eigenvalue weighted by atomic mass is 35.5. The maximum Gasteiger partial charge on any atom is 0.113 e. The number of aromatic nitrogens is 2. The van der Waals surface area contributed by atoms with E-state index >= 15 is 0 Å². The summed E-state index contributed by atoms with van der Waals surface area (Å²) in [6.45, 7) is 3.03. The van der Waals surface area contributed by atoms with Gasteiger partial charge in [0.25, 0.3) is 0 Å². The fraction of sp³-hybridized carbons (Fsp3) is 0.438. The van der Waals surface area contributed by atoms with E-state index in [-0.39, 0.29) is 0 Å². The minimum Gasteiger partial charge on any atom is -0.310 e. The van der Waals surface area contributed by atoms with Crippen LogP contribution in [0.15, 0.2) is 30.6 Å². The maximum absolute atomic E-state index is 6.45. The monoisotopic (exact) mass is 289 g/mol. The van der Waals surface area contributed by atoms with Crippen LogP contribution < -0.4 is 5.32 Å². The maximum atomic E-state index is 6.45. The summed E-state index contributed by atoms with van der Waals surface area (Å²) in [7, 11) is 0. The van der Waals surface area contributed by atoms with Gasteiger partial charge in [-0.3, -0.25) is 0 Å². The molecule has 1 aromatic carbocycles. The van der Waals surface area contributed by atoms with Crippen LogP contribution in [-0.2, 0) is 13.0 Å². The van der Waals surface area contributed by atoms with E-state index in [0.717, 1.165) is 35.9 Å². The largest absolute Gasteiger partial charge is 0.310 e. The number of halogens is 1. The average molecular weight is 290 g/mol. The topological polar surface area (TPSA) is 29.9 Å². The number of nitrogens with one attached hydrogen (secondary N) is 1. The molecule has 2 aromatic rings. The van der Waals surface area contributed by atoms with Crippen molar-refractivity contribution in [1.29, 1.82) is 0 Å². The molecule has 0 saturated heterocycles. The Bertz CT molecular complexity index is 587. The van der Waals surface area contributed by atoms with Crippen molar-refractivity contribution >= 4 is 11.6 Å². The lowest BCUT2D eigenvalue weighted by Crippen LogP contribution is -2.17. The Labute approximate surface area is 125 Å². The Hall–Kier alpha value is -1.32. The molecule has 1 N–H and O–H groups in total. The van der Waals surface area contributed by atoms with Crippen molar-refractivity contribution in [3.63, 3.8) is 0 Å². The van der Waals surface area contributed by atoms with Gasteiger partial charge in [-0.2, -0.15) is 0 Å². The third-order valence-electron chi connectivity index (χ3n) is 3.66.